The van der Waals surface area contributed by atoms with E-state index in [2.05, 4.69) is 4.98 Å². The number of aromatic nitrogens is 2. The maximum atomic E-state index is 12.8. The molecule has 3 nitrogen and oxygen atoms in total. The molecule has 0 saturated heterocycles. The monoisotopic (exact) mass is 368 g/mol. The predicted octanol–water partition coefficient (Wildman–Crippen LogP) is 5.51. The second-order valence-electron chi connectivity index (χ2n) is 4.97. The molecule has 0 aliphatic rings. The van der Waals surface area contributed by atoms with Gasteiger partial charge in [0.25, 0.3) is 5.78 Å². The maximum absolute atomic E-state index is 12.8. The average molecular weight is 369 g/mol. The van der Waals surface area contributed by atoms with Crippen LogP contribution in [0.1, 0.15) is 29.8 Å². The first-order valence-corrected chi connectivity index (χ1v) is 8.04. The normalized spacial score (nSPS) is 11.1. The summed E-state index contributed by atoms with van der Waals surface area (Å²) < 4.78 is 39.9. The zero-order valence-electron chi connectivity index (χ0n) is 13.6. The number of alkyl halides is 3. The van der Waals surface area contributed by atoms with Gasteiger partial charge in [-0.25, -0.2) is 4.98 Å². The van der Waals surface area contributed by atoms with Crippen molar-refractivity contribution in [3.63, 3.8) is 0 Å². The molecule has 2 aromatic heterocycles. The highest BCUT2D eigenvalue weighted by atomic mass is 35.5. The molecule has 0 amide bonds. The summed E-state index contributed by atoms with van der Waals surface area (Å²) in [6.07, 6.45) is -2.41. The summed E-state index contributed by atoms with van der Waals surface area (Å²) in [5.41, 5.74) is 0.632. The molecule has 132 valence electrons. The standard InChI is InChI=1S/C16H10ClF3N2O.C2H6/c17-12-6-7-21-15-13(12)11(14(23)16(18,19)20)9-22(15)8-10-4-2-1-3-5-10;1-2/h1-7,9H,8H2;1-2H3. The largest absolute Gasteiger partial charge is 0.454 e. The van der Waals surface area contributed by atoms with Gasteiger partial charge in [0.2, 0.25) is 0 Å². The van der Waals surface area contributed by atoms with Gasteiger partial charge in [-0.2, -0.15) is 13.2 Å². The van der Waals surface area contributed by atoms with Crippen LogP contribution in [-0.4, -0.2) is 21.5 Å². The fourth-order valence-electron chi connectivity index (χ4n) is 2.40. The summed E-state index contributed by atoms with van der Waals surface area (Å²) in [5.74, 6) is -1.93. The van der Waals surface area contributed by atoms with Crippen LogP contribution in [-0.2, 0) is 6.54 Å². The zero-order valence-corrected chi connectivity index (χ0v) is 14.4. The number of halogens is 4. The molecule has 0 radical (unpaired) electrons. The van der Waals surface area contributed by atoms with Gasteiger partial charge in [0.15, 0.2) is 0 Å². The van der Waals surface area contributed by atoms with Gasteiger partial charge in [0, 0.05) is 24.3 Å². The minimum Gasteiger partial charge on any atom is -0.327 e. The second-order valence-corrected chi connectivity index (χ2v) is 5.38. The molecule has 7 heteroatoms. The van der Waals surface area contributed by atoms with Crippen LogP contribution in [0.5, 0.6) is 0 Å². The highest BCUT2D eigenvalue weighted by Crippen LogP contribution is 2.32. The highest BCUT2D eigenvalue weighted by Gasteiger charge is 2.41. The van der Waals surface area contributed by atoms with E-state index in [4.69, 9.17) is 11.6 Å². The van der Waals surface area contributed by atoms with Crippen LogP contribution in [0, 0.1) is 0 Å². The molecule has 1 aromatic carbocycles. The Bertz CT molecular complexity index is 873. The zero-order chi connectivity index (χ0) is 18.6. The molecule has 0 bridgehead atoms. The number of hydrogen-bond acceptors (Lipinski definition) is 2. The number of hydrogen-bond donors (Lipinski definition) is 0. The number of ketones is 1. The van der Waals surface area contributed by atoms with E-state index in [-0.39, 0.29) is 22.6 Å². The highest BCUT2D eigenvalue weighted by molar-refractivity contribution is 6.36. The molecule has 0 saturated carbocycles. The Morgan fingerprint density at radius 3 is 2.40 bits per heavy atom. The van der Waals surface area contributed by atoms with E-state index in [1.165, 1.54) is 16.8 Å². The molecule has 0 aliphatic carbocycles. The number of nitrogens with zero attached hydrogens (tertiary/aromatic N) is 2. The molecule has 3 rings (SSSR count). The summed E-state index contributed by atoms with van der Waals surface area (Å²) in [5, 5.41) is 0.0850. The van der Waals surface area contributed by atoms with Gasteiger partial charge >= 0.3 is 6.18 Å². The Labute approximate surface area is 148 Å². The van der Waals surface area contributed by atoms with Crippen molar-refractivity contribution in [2.24, 2.45) is 0 Å². The van der Waals surface area contributed by atoms with Crippen molar-refractivity contribution in [1.82, 2.24) is 9.55 Å². The van der Waals surface area contributed by atoms with Crippen LogP contribution >= 0.6 is 11.6 Å². The van der Waals surface area contributed by atoms with Gasteiger partial charge in [0.05, 0.1) is 10.6 Å². The lowest BCUT2D eigenvalue weighted by atomic mass is 10.1. The molecule has 2 heterocycles. The second kappa shape index (κ2) is 7.70. The summed E-state index contributed by atoms with van der Waals surface area (Å²) >= 11 is 6.00. The third kappa shape index (κ3) is 4.02. The molecule has 0 unspecified atom stereocenters. The summed E-state index contributed by atoms with van der Waals surface area (Å²) in [6.45, 7) is 4.29. The van der Waals surface area contributed by atoms with Gasteiger partial charge in [0.1, 0.15) is 5.65 Å². The smallest absolute Gasteiger partial charge is 0.327 e. The van der Waals surface area contributed by atoms with E-state index < -0.39 is 17.5 Å². The first-order valence-electron chi connectivity index (χ1n) is 7.66. The van der Waals surface area contributed by atoms with Crippen LogP contribution in [0.25, 0.3) is 11.0 Å². The number of carbonyl (C=O) groups is 1. The minimum absolute atomic E-state index is 0.0208. The van der Waals surface area contributed by atoms with Crippen molar-refractivity contribution >= 4 is 28.4 Å². The van der Waals surface area contributed by atoms with Crippen LogP contribution in [0.15, 0.2) is 48.8 Å². The van der Waals surface area contributed by atoms with Crippen molar-refractivity contribution in [3.8, 4) is 0 Å². The molecule has 25 heavy (non-hydrogen) atoms. The quantitative estimate of drug-likeness (QED) is 0.571. The third-order valence-electron chi connectivity index (χ3n) is 3.40. The minimum atomic E-state index is -4.97. The van der Waals surface area contributed by atoms with Gasteiger partial charge in [-0.15, -0.1) is 0 Å². The molecule has 0 aliphatic heterocycles. The fourth-order valence-corrected chi connectivity index (χ4v) is 2.64. The Balaban J connectivity index is 0.00000109. The number of carbonyl (C=O) groups excluding carboxylic acids is 1. The molecule has 0 spiro atoms. The fraction of sp³-hybridized carbons (Fsp3) is 0.222. The third-order valence-corrected chi connectivity index (χ3v) is 3.72. The molecule has 0 fully saturated rings. The number of Topliss-reactive ketones (excluding diaryl/α,β-unsaturated/α-hetero) is 1. The number of benzene rings is 1. The molecule has 0 N–H and O–H groups in total. The molecular formula is C18H16ClF3N2O. The first kappa shape index (κ1) is 19.0. The van der Waals surface area contributed by atoms with Crippen molar-refractivity contribution in [1.29, 1.82) is 0 Å². The van der Waals surface area contributed by atoms with E-state index in [9.17, 15) is 18.0 Å². The van der Waals surface area contributed by atoms with E-state index in [0.29, 0.717) is 0 Å². The van der Waals surface area contributed by atoms with Crippen molar-refractivity contribution in [3.05, 3.63) is 64.9 Å². The molecular weight excluding hydrogens is 353 g/mol. The first-order chi connectivity index (χ1) is 11.9. The van der Waals surface area contributed by atoms with Gasteiger partial charge < -0.3 is 4.57 Å². The van der Waals surface area contributed by atoms with Crippen molar-refractivity contribution in [2.75, 3.05) is 0 Å². The molecule has 3 aromatic rings. The lowest BCUT2D eigenvalue weighted by Crippen LogP contribution is -2.22. The summed E-state index contributed by atoms with van der Waals surface area (Å²) in [4.78, 5) is 15.8. The average Bonchev–Trinajstić information content (AvgIpc) is 2.96. The lowest BCUT2D eigenvalue weighted by molar-refractivity contribution is -0.0884. The van der Waals surface area contributed by atoms with E-state index in [1.807, 2.05) is 44.2 Å². The van der Waals surface area contributed by atoms with Gasteiger partial charge in [-0.05, 0) is 11.6 Å². The van der Waals surface area contributed by atoms with E-state index in [1.54, 1.807) is 0 Å². The Morgan fingerprint density at radius 1 is 1.16 bits per heavy atom. The Kier molecular flexibility index (Phi) is 5.85. The van der Waals surface area contributed by atoms with Gasteiger partial charge in [-0.3, -0.25) is 4.79 Å². The van der Waals surface area contributed by atoms with Crippen LogP contribution in [0.4, 0.5) is 13.2 Å². The number of fused-ring (bicyclic) bond motifs is 1. The Morgan fingerprint density at radius 2 is 1.80 bits per heavy atom. The van der Waals surface area contributed by atoms with E-state index >= 15 is 0 Å². The molecule has 0 atom stereocenters. The van der Waals surface area contributed by atoms with E-state index in [0.717, 1.165) is 11.8 Å². The SMILES string of the molecule is CC.O=C(c1cn(Cc2ccccc2)c2nccc(Cl)c12)C(F)(F)F. The summed E-state index contributed by atoms with van der Waals surface area (Å²) in [6, 6.07) is 10.5. The number of rotatable bonds is 3. The van der Waals surface area contributed by atoms with Gasteiger partial charge in [-0.1, -0.05) is 55.8 Å². The van der Waals surface area contributed by atoms with Crippen LogP contribution < -0.4 is 0 Å². The van der Waals surface area contributed by atoms with Crippen LogP contribution in [0.2, 0.25) is 5.02 Å². The Hall–Kier alpha value is -2.34. The topological polar surface area (TPSA) is 34.9 Å². The summed E-state index contributed by atoms with van der Waals surface area (Å²) in [7, 11) is 0. The predicted molar refractivity (Wildman–Crippen MR) is 92.0 cm³/mol. The van der Waals surface area contributed by atoms with Crippen molar-refractivity contribution < 1.29 is 18.0 Å². The maximum Gasteiger partial charge on any atom is 0.454 e. The van der Waals surface area contributed by atoms with Crippen LogP contribution in [0.3, 0.4) is 0 Å². The lowest BCUT2D eigenvalue weighted by Gasteiger charge is -2.04. The van der Waals surface area contributed by atoms with Crippen molar-refractivity contribution in [2.45, 2.75) is 26.6 Å². The number of pyridine rings is 1.